The van der Waals surface area contributed by atoms with Crippen molar-refractivity contribution in [1.82, 2.24) is 25.2 Å². The van der Waals surface area contributed by atoms with Crippen LogP contribution in [-0.4, -0.2) is 70.3 Å². The lowest BCUT2D eigenvalue weighted by Crippen LogP contribution is -2.60. The van der Waals surface area contributed by atoms with Gasteiger partial charge in [0.2, 0.25) is 0 Å². The molecular weight excluding hydrogens is 622 g/mol. The van der Waals surface area contributed by atoms with E-state index in [1.165, 1.54) is 6.07 Å². The fourth-order valence-corrected chi connectivity index (χ4v) is 8.40. The summed E-state index contributed by atoms with van der Waals surface area (Å²) in [5, 5.41) is 3.90. The van der Waals surface area contributed by atoms with Crippen LogP contribution in [0.1, 0.15) is 70.6 Å². The molecule has 3 N–H and O–H groups in total. The zero-order chi connectivity index (χ0) is 33.7. The Morgan fingerprint density at radius 3 is 2.54 bits per heavy atom. The molecule has 0 spiro atoms. The molecule has 256 valence electrons. The number of rotatable bonds is 5. The van der Waals surface area contributed by atoms with E-state index in [1.54, 1.807) is 23.1 Å². The van der Waals surface area contributed by atoms with Gasteiger partial charge in [0.15, 0.2) is 18.4 Å². The number of hydrogen-bond acceptors (Lipinski definition) is 8. The fourth-order valence-electron chi connectivity index (χ4n) is 8.40. The molecule has 6 heterocycles. The van der Waals surface area contributed by atoms with Gasteiger partial charge in [-0.3, -0.25) is 10.2 Å². The lowest BCUT2D eigenvalue weighted by atomic mass is 9.93. The smallest absolute Gasteiger partial charge is 0.319 e. The monoisotopic (exact) mass is 665 g/mol. The highest BCUT2D eigenvalue weighted by molar-refractivity contribution is 6.03. The van der Waals surface area contributed by atoms with Gasteiger partial charge in [-0.2, -0.15) is 9.97 Å². The standard InChI is InChI=1S/C34H37F4N7O.C2H6/c1-2-20-22(35)9-8-18-14-19(39)15-21(26(18)20)29-28(37)30-27-23(40-29)6-3-7-24-31(38)41-25(36)16-45(24)32(27)43-33(42-30)46-17-34-10-4-12-44(34)13-5-11-34;1-2/h8-9,14-15,24-25,31,41H,2-7,10-13,16-17,39H2,1H3;1-2H3. The molecule has 3 saturated heterocycles. The van der Waals surface area contributed by atoms with Crippen molar-refractivity contribution in [1.29, 1.82) is 0 Å². The molecule has 3 unspecified atom stereocenters. The van der Waals surface area contributed by atoms with E-state index in [0.717, 1.165) is 38.8 Å². The highest BCUT2D eigenvalue weighted by Gasteiger charge is 2.45. The van der Waals surface area contributed by atoms with Crippen molar-refractivity contribution < 1.29 is 22.3 Å². The maximum Gasteiger partial charge on any atom is 0.319 e. The van der Waals surface area contributed by atoms with Crippen LogP contribution in [0, 0.1) is 11.6 Å². The van der Waals surface area contributed by atoms with E-state index in [9.17, 15) is 4.39 Å². The zero-order valence-corrected chi connectivity index (χ0v) is 27.8. The number of piperazine rings is 1. The average molecular weight is 666 g/mol. The van der Waals surface area contributed by atoms with Crippen LogP contribution in [0.4, 0.5) is 29.1 Å². The second kappa shape index (κ2) is 12.9. The van der Waals surface area contributed by atoms with Crippen molar-refractivity contribution in [3.05, 3.63) is 47.2 Å². The third-order valence-corrected chi connectivity index (χ3v) is 10.5. The Hall–Kier alpha value is -3.77. The third kappa shape index (κ3) is 5.41. The number of nitrogens with zero attached hydrogens (tertiary/aromatic N) is 5. The average Bonchev–Trinajstić information content (AvgIpc) is 3.66. The second-order valence-electron chi connectivity index (χ2n) is 13.2. The van der Waals surface area contributed by atoms with Gasteiger partial charge in [-0.1, -0.05) is 26.8 Å². The Balaban J connectivity index is 0.00000179. The molecule has 48 heavy (non-hydrogen) atoms. The van der Waals surface area contributed by atoms with E-state index < -0.39 is 30.3 Å². The van der Waals surface area contributed by atoms with E-state index >= 15 is 13.2 Å². The summed E-state index contributed by atoms with van der Waals surface area (Å²) in [6.45, 7) is 8.03. The Labute approximate surface area is 278 Å². The number of nitrogens with one attached hydrogen (secondary N) is 1. The quantitative estimate of drug-likeness (QED) is 0.134. The van der Waals surface area contributed by atoms with Crippen molar-refractivity contribution in [3.8, 4) is 17.3 Å². The maximum absolute atomic E-state index is 17.1. The number of fused-ring (bicyclic) bond motifs is 4. The summed E-state index contributed by atoms with van der Waals surface area (Å²) in [4.78, 5) is 18.3. The predicted molar refractivity (Wildman–Crippen MR) is 181 cm³/mol. The summed E-state index contributed by atoms with van der Waals surface area (Å²) < 4.78 is 68.6. The molecule has 8 rings (SSSR count). The predicted octanol–water partition coefficient (Wildman–Crippen LogP) is 7.01. The van der Waals surface area contributed by atoms with Crippen LogP contribution in [0.15, 0.2) is 24.3 Å². The number of anilines is 2. The number of benzene rings is 2. The van der Waals surface area contributed by atoms with Crippen LogP contribution >= 0.6 is 0 Å². The van der Waals surface area contributed by atoms with E-state index in [2.05, 4.69) is 15.2 Å². The summed E-state index contributed by atoms with van der Waals surface area (Å²) in [7, 11) is 0. The minimum Gasteiger partial charge on any atom is -0.461 e. The topological polar surface area (TPSA) is 92.4 Å². The largest absolute Gasteiger partial charge is 0.461 e. The van der Waals surface area contributed by atoms with Crippen molar-refractivity contribution in [2.75, 3.05) is 36.9 Å². The van der Waals surface area contributed by atoms with Crippen LogP contribution in [0.5, 0.6) is 6.01 Å². The Bertz CT molecular complexity index is 1850. The lowest BCUT2D eigenvalue weighted by Gasteiger charge is -2.42. The number of hydrogen-bond donors (Lipinski definition) is 2. The van der Waals surface area contributed by atoms with Crippen LogP contribution in [0.2, 0.25) is 0 Å². The van der Waals surface area contributed by atoms with E-state index in [1.807, 2.05) is 20.8 Å². The van der Waals surface area contributed by atoms with Gasteiger partial charge < -0.3 is 15.4 Å². The van der Waals surface area contributed by atoms with Gasteiger partial charge >= 0.3 is 6.01 Å². The first-order valence-electron chi connectivity index (χ1n) is 17.4. The molecule has 3 atom stereocenters. The van der Waals surface area contributed by atoms with Crippen molar-refractivity contribution in [2.45, 2.75) is 96.3 Å². The minimum absolute atomic E-state index is 0.00350. The molecule has 4 aliphatic rings. The van der Waals surface area contributed by atoms with Gasteiger partial charge in [0.1, 0.15) is 29.5 Å². The SMILES string of the molecule is CC.CCc1c(F)ccc2cc(N)cc(-c3nc4c5c(nc(OCC67CCCN6CCC7)nc5c3F)N3CC(F)NC(F)C3CCC4)c12. The molecular formula is C36H43F4N7O. The maximum atomic E-state index is 17.1. The van der Waals surface area contributed by atoms with E-state index in [4.69, 9.17) is 20.4 Å². The summed E-state index contributed by atoms with van der Waals surface area (Å²) in [6.07, 6.45) is 2.55. The normalized spacial score (nSPS) is 23.3. The van der Waals surface area contributed by atoms with Gasteiger partial charge in [-0.15, -0.1) is 0 Å². The fraction of sp³-hybridized carbons (Fsp3) is 0.528. The van der Waals surface area contributed by atoms with Crippen molar-refractivity contribution >= 4 is 33.2 Å². The van der Waals surface area contributed by atoms with Crippen LogP contribution < -0.4 is 20.7 Å². The van der Waals surface area contributed by atoms with Crippen molar-refractivity contribution in [3.63, 3.8) is 0 Å². The first kappa shape index (κ1) is 32.8. The van der Waals surface area contributed by atoms with Gasteiger partial charge in [-0.25, -0.2) is 22.5 Å². The number of ether oxygens (including phenoxy) is 1. The molecule has 8 nitrogen and oxygen atoms in total. The number of nitrogen functional groups attached to an aromatic ring is 1. The molecule has 0 bridgehead atoms. The van der Waals surface area contributed by atoms with E-state index in [0.29, 0.717) is 71.0 Å². The first-order valence-corrected chi connectivity index (χ1v) is 17.4. The molecule has 12 heteroatoms. The minimum atomic E-state index is -1.65. The number of alkyl halides is 2. The van der Waals surface area contributed by atoms with Crippen LogP contribution in [-0.2, 0) is 12.8 Å². The number of halogens is 4. The number of pyridine rings is 1. The molecule has 3 fully saturated rings. The van der Waals surface area contributed by atoms with Gasteiger partial charge in [0.25, 0.3) is 0 Å². The number of aryl methyl sites for hydroxylation is 2. The third-order valence-electron chi connectivity index (χ3n) is 10.5. The summed E-state index contributed by atoms with van der Waals surface area (Å²) in [5.41, 5.74) is 7.83. The van der Waals surface area contributed by atoms with E-state index in [-0.39, 0.29) is 35.1 Å². The molecule has 2 aromatic heterocycles. The first-order chi connectivity index (χ1) is 23.3. The summed E-state index contributed by atoms with van der Waals surface area (Å²) in [5.74, 6) is -0.919. The Morgan fingerprint density at radius 2 is 1.79 bits per heavy atom. The molecule has 4 aliphatic heterocycles. The zero-order valence-electron chi connectivity index (χ0n) is 27.8. The molecule has 2 aromatic carbocycles. The van der Waals surface area contributed by atoms with Gasteiger partial charge in [-0.05, 0) is 99.0 Å². The Kier molecular flexibility index (Phi) is 8.82. The Morgan fingerprint density at radius 1 is 1.02 bits per heavy atom. The van der Waals surface area contributed by atoms with Crippen molar-refractivity contribution in [2.24, 2.45) is 0 Å². The van der Waals surface area contributed by atoms with Crippen LogP contribution in [0.3, 0.4) is 0 Å². The second-order valence-corrected chi connectivity index (χ2v) is 13.2. The number of nitrogens with two attached hydrogens (primary N) is 1. The number of aromatic nitrogens is 3. The molecule has 4 aromatic rings. The molecule has 0 amide bonds. The van der Waals surface area contributed by atoms with Crippen LogP contribution in [0.25, 0.3) is 32.9 Å². The molecule has 0 radical (unpaired) electrons. The van der Waals surface area contributed by atoms with Gasteiger partial charge in [0.05, 0.1) is 29.2 Å². The lowest BCUT2D eigenvalue weighted by molar-refractivity contribution is 0.102. The highest BCUT2D eigenvalue weighted by atomic mass is 19.2. The summed E-state index contributed by atoms with van der Waals surface area (Å²) >= 11 is 0. The van der Waals surface area contributed by atoms with Gasteiger partial charge in [0, 0.05) is 11.3 Å². The molecule has 0 aliphatic carbocycles. The summed E-state index contributed by atoms with van der Waals surface area (Å²) in [6, 6.07) is 5.63. The highest BCUT2D eigenvalue weighted by Crippen LogP contribution is 2.43. The molecule has 0 saturated carbocycles.